The van der Waals surface area contributed by atoms with E-state index < -0.39 is 32.3 Å². The molecule has 0 aromatic heterocycles. The van der Waals surface area contributed by atoms with E-state index in [1.807, 2.05) is 0 Å². The third kappa shape index (κ3) is 3.41. The first-order chi connectivity index (χ1) is 9.09. The molecule has 0 aliphatic heterocycles. The summed E-state index contributed by atoms with van der Waals surface area (Å²) in [6.07, 6.45) is -0.968. The molecule has 1 aromatic carbocycles. The number of sulfone groups is 1. The van der Waals surface area contributed by atoms with Crippen LogP contribution in [0.5, 0.6) is 5.75 Å². The van der Waals surface area contributed by atoms with E-state index in [-0.39, 0.29) is 5.75 Å². The average Bonchev–Trinajstić information content (AvgIpc) is 2.37. The van der Waals surface area contributed by atoms with Gasteiger partial charge in [-0.3, -0.25) is 0 Å². The van der Waals surface area contributed by atoms with Crippen molar-refractivity contribution in [1.82, 2.24) is 0 Å². The molecular weight excluding hydrogens is 301 g/mol. The number of hydrogen-bond acceptors (Lipinski definition) is 5. The molecule has 20 heavy (non-hydrogen) atoms. The molecular formula is C11H11F3O5S. The van der Waals surface area contributed by atoms with Crippen LogP contribution in [0.4, 0.5) is 13.2 Å². The fraction of sp³-hybridized carbons (Fsp3) is 0.364. The molecule has 0 amide bonds. The van der Waals surface area contributed by atoms with Crippen LogP contribution >= 0.6 is 0 Å². The molecule has 1 aromatic rings. The van der Waals surface area contributed by atoms with Crippen molar-refractivity contribution in [1.29, 1.82) is 0 Å². The molecule has 0 fully saturated rings. The highest BCUT2D eigenvalue weighted by atomic mass is 32.2. The van der Waals surface area contributed by atoms with Gasteiger partial charge < -0.3 is 9.47 Å². The molecule has 0 saturated carbocycles. The predicted molar refractivity (Wildman–Crippen MR) is 61.8 cm³/mol. The van der Waals surface area contributed by atoms with Crippen LogP contribution in [-0.4, -0.2) is 33.1 Å². The maximum absolute atomic E-state index is 12.3. The zero-order valence-electron chi connectivity index (χ0n) is 10.5. The molecule has 9 heteroatoms. The Morgan fingerprint density at radius 1 is 1.20 bits per heavy atom. The number of hydrogen-bond donors (Lipinski definition) is 0. The monoisotopic (exact) mass is 312 g/mol. The van der Waals surface area contributed by atoms with Gasteiger partial charge in [-0.2, -0.15) is 13.2 Å². The predicted octanol–water partition coefficient (Wildman–Crippen LogP) is 1.92. The molecule has 5 nitrogen and oxygen atoms in total. The molecule has 1 unspecified atom stereocenters. The lowest BCUT2D eigenvalue weighted by molar-refractivity contribution is -0.147. The Balaban J connectivity index is 2.93. The van der Waals surface area contributed by atoms with Gasteiger partial charge in [-0.25, -0.2) is 13.2 Å². The first-order valence-corrected chi connectivity index (χ1v) is 6.74. The van der Waals surface area contributed by atoms with Crippen LogP contribution in [0.3, 0.4) is 0 Å². The van der Waals surface area contributed by atoms with E-state index in [1.165, 1.54) is 6.92 Å². The lowest BCUT2D eigenvalue weighted by Gasteiger charge is -2.13. The summed E-state index contributed by atoms with van der Waals surface area (Å²) in [5.41, 5.74) is -5.37. The van der Waals surface area contributed by atoms with Crippen molar-refractivity contribution in [2.75, 3.05) is 7.11 Å². The van der Waals surface area contributed by atoms with E-state index >= 15 is 0 Å². The molecule has 0 radical (unpaired) electrons. The fourth-order valence-electron chi connectivity index (χ4n) is 1.25. The molecule has 0 aliphatic rings. The molecule has 1 rings (SSSR count). The molecule has 0 saturated heterocycles. The summed E-state index contributed by atoms with van der Waals surface area (Å²) in [7, 11) is -4.24. The highest BCUT2D eigenvalue weighted by Crippen LogP contribution is 2.31. The molecule has 0 aliphatic carbocycles. The average molecular weight is 312 g/mol. The summed E-state index contributed by atoms with van der Waals surface area (Å²) in [5.74, 6) is -0.624. The largest absolute Gasteiger partial charge is 0.501 e. The number of carbonyl (C=O) groups is 1. The van der Waals surface area contributed by atoms with Crippen LogP contribution in [0.2, 0.25) is 0 Å². The zero-order valence-corrected chi connectivity index (χ0v) is 11.3. The van der Waals surface area contributed by atoms with Crippen molar-refractivity contribution in [2.24, 2.45) is 0 Å². The minimum atomic E-state index is -5.39. The van der Waals surface area contributed by atoms with E-state index in [1.54, 1.807) is 0 Å². The van der Waals surface area contributed by atoms with Crippen LogP contribution < -0.4 is 4.74 Å². The lowest BCUT2D eigenvalue weighted by Crippen LogP contribution is -2.25. The standard InChI is InChI=1S/C11H11F3O5S/c1-7(10(15)18-2)19-8-3-5-9(6-4-8)20(16,17)11(12,13)14/h3-7H,1-2H3. The van der Waals surface area contributed by atoms with Gasteiger partial charge in [-0.15, -0.1) is 0 Å². The molecule has 0 heterocycles. The Morgan fingerprint density at radius 2 is 1.70 bits per heavy atom. The first kappa shape index (κ1) is 16.3. The number of rotatable bonds is 4. The van der Waals surface area contributed by atoms with Gasteiger partial charge >= 0.3 is 11.5 Å². The van der Waals surface area contributed by atoms with Crippen molar-refractivity contribution in [2.45, 2.75) is 23.4 Å². The van der Waals surface area contributed by atoms with Crippen molar-refractivity contribution >= 4 is 15.8 Å². The van der Waals surface area contributed by atoms with E-state index in [9.17, 15) is 26.4 Å². The Morgan fingerprint density at radius 3 is 2.10 bits per heavy atom. The molecule has 0 bridgehead atoms. The van der Waals surface area contributed by atoms with Crippen LogP contribution in [0.1, 0.15) is 6.92 Å². The van der Waals surface area contributed by atoms with Gasteiger partial charge in [0.2, 0.25) is 0 Å². The van der Waals surface area contributed by atoms with Gasteiger partial charge in [0, 0.05) is 0 Å². The van der Waals surface area contributed by atoms with Gasteiger partial charge in [0.25, 0.3) is 9.84 Å². The van der Waals surface area contributed by atoms with E-state index in [2.05, 4.69) is 4.74 Å². The van der Waals surface area contributed by atoms with Crippen LogP contribution in [0.25, 0.3) is 0 Å². The van der Waals surface area contributed by atoms with Crippen molar-refractivity contribution in [3.05, 3.63) is 24.3 Å². The van der Waals surface area contributed by atoms with E-state index in [0.717, 1.165) is 31.4 Å². The molecule has 0 N–H and O–H groups in total. The lowest BCUT2D eigenvalue weighted by atomic mass is 10.3. The van der Waals surface area contributed by atoms with Crippen molar-refractivity contribution in [3.8, 4) is 5.75 Å². The fourth-order valence-corrected chi connectivity index (χ4v) is 2.01. The van der Waals surface area contributed by atoms with Crippen molar-refractivity contribution < 1.29 is 35.9 Å². The van der Waals surface area contributed by atoms with Crippen LogP contribution in [0.15, 0.2) is 29.2 Å². The minimum Gasteiger partial charge on any atom is -0.479 e. The van der Waals surface area contributed by atoms with Gasteiger partial charge in [0.05, 0.1) is 12.0 Å². The van der Waals surface area contributed by atoms with Crippen LogP contribution in [0, 0.1) is 0 Å². The Hall–Kier alpha value is -1.77. The molecule has 1 atom stereocenters. The summed E-state index contributed by atoms with van der Waals surface area (Å²) in [6.45, 7) is 1.38. The summed E-state index contributed by atoms with van der Waals surface area (Å²) in [5, 5.41) is 0. The SMILES string of the molecule is COC(=O)C(C)Oc1ccc(S(=O)(=O)C(F)(F)F)cc1. The second-order valence-electron chi connectivity index (χ2n) is 3.70. The highest BCUT2D eigenvalue weighted by molar-refractivity contribution is 7.92. The van der Waals surface area contributed by atoms with E-state index in [4.69, 9.17) is 4.74 Å². The van der Waals surface area contributed by atoms with Gasteiger partial charge in [0.15, 0.2) is 6.10 Å². The number of alkyl halides is 3. The number of ether oxygens (including phenoxy) is 2. The molecule has 0 spiro atoms. The Bertz CT molecular complexity index is 577. The zero-order chi connectivity index (χ0) is 15.6. The van der Waals surface area contributed by atoms with E-state index in [0.29, 0.717) is 0 Å². The summed E-state index contributed by atoms with van der Waals surface area (Å²) in [6, 6.07) is 3.56. The number of esters is 1. The smallest absolute Gasteiger partial charge is 0.479 e. The number of benzene rings is 1. The number of carbonyl (C=O) groups excluding carboxylic acids is 1. The first-order valence-electron chi connectivity index (χ1n) is 5.25. The summed E-state index contributed by atoms with van der Waals surface area (Å²) in [4.78, 5) is 10.2. The normalized spacial score (nSPS) is 13.7. The second kappa shape index (κ2) is 5.70. The van der Waals surface area contributed by atoms with Gasteiger partial charge in [-0.1, -0.05) is 0 Å². The second-order valence-corrected chi connectivity index (χ2v) is 5.65. The minimum absolute atomic E-state index is 0.0454. The maximum atomic E-state index is 12.3. The number of halogens is 3. The van der Waals surface area contributed by atoms with Gasteiger partial charge in [0.1, 0.15) is 5.75 Å². The van der Waals surface area contributed by atoms with Crippen molar-refractivity contribution in [3.63, 3.8) is 0 Å². The summed E-state index contributed by atoms with van der Waals surface area (Å²) >= 11 is 0. The third-order valence-electron chi connectivity index (χ3n) is 2.28. The Kier molecular flexibility index (Phi) is 4.64. The van der Waals surface area contributed by atoms with Gasteiger partial charge in [-0.05, 0) is 31.2 Å². The number of methoxy groups -OCH3 is 1. The highest BCUT2D eigenvalue weighted by Gasteiger charge is 2.46. The topological polar surface area (TPSA) is 69.7 Å². The maximum Gasteiger partial charge on any atom is 0.501 e. The third-order valence-corrected chi connectivity index (χ3v) is 3.79. The molecule has 112 valence electrons. The quantitative estimate of drug-likeness (QED) is 0.795. The summed E-state index contributed by atoms with van der Waals surface area (Å²) < 4.78 is 68.6. The Labute approximate surface area is 113 Å². The van der Waals surface area contributed by atoms with Crippen LogP contribution in [-0.2, 0) is 19.4 Å².